The molecule has 6 heteroatoms. The predicted molar refractivity (Wildman–Crippen MR) is 67.3 cm³/mol. The first-order chi connectivity index (χ1) is 7.79. The summed E-state index contributed by atoms with van der Waals surface area (Å²) in [6.07, 6.45) is 3.25. The molecule has 0 aromatic carbocycles. The Labute approximate surface area is 103 Å². The lowest BCUT2D eigenvalue weighted by Gasteiger charge is -2.34. The molecule has 2 atom stereocenters. The SMILES string of the molecule is CC(N)C1CCCN(C(=O)CCS(C)(=O)=O)C1. The van der Waals surface area contributed by atoms with Gasteiger partial charge >= 0.3 is 0 Å². The molecule has 1 saturated heterocycles. The number of carbonyl (C=O) groups is 1. The standard InChI is InChI=1S/C11H22N2O3S/c1-9(12)10-4-3-6-13(8-10)11(14)5-7-17(2,15)16/h9-10H,3-8,12H2,1-2H3. The lowest BCUT2D eigenvalue weighted by atomic mass is 9.92. The molecule has 0 radical (unpaired) electrons. The third-order valence-corrected chi connectivity index (χ3v) is 4.19. The van der Waals surface area contributed by atoms with Crippen molar-refractivity contribution in [3.05, 3.63) is 0 Å². The summed E-state index contributed by atoms with van der Waals surface area (Å²) in [5, 5.41) is 0. The molecule has 0 spiro atoms. The monoisotopic (exact) mass is 262 g/mol. The number of hydrogen-bond donors (Lipinski definition) is 1. The molecule has 1 aliphatic rings. The molecule has 0 aliphatic carbocycles. The van der Waals surface area contributed by atoms with E-state index in [1.54, 1.807) is 4.90 Å². The summed E-state index contributed by atoms with van der Waals surface area (Å²) in [5.74, 6) is 0.206. The largest absolute Gasteiger partial charge is 0.342 e. The minimum atomic E-state index is -3.06. The van der Waals surface area contributed by atoms with Gasteiger partial charge in [0.15, 0.2) is 0 Å². The minimum absolute atomic E-state index is 0.0643. The number of carbonyl (C=O) groups excluding carboxylic acids is 1. The van der Waals surface area contributed by atoms with Crippen LogP contribution in [0.25, 0.3) is 0 Å². The summed E-state index contributed by atoms with van der Waals surface area (Å²) in [6, 6.07) is 0.0838. The molecule has 17 heavy (non-hydrogen) atoms. The molecule has 5 nitrogen and oxygen atoms in total. The predicted octanol–water partition coefficient (Wildman–Crippen LogP) is 0.00690. The summed E-state index contributed by atoms with van der Waals surface area (Å²) < 4.78 is 22.0. The van der Waals surface area contributed by atoms with Crippen LogP contribution >= 0.6 is 0 Å². The van der Waals surface area contributed by atoms with Crippen LogP contribution in [-0.2, 0) is 14.6 Å². The van der Waals surface area contributed by atoms with Gasteiger partial charge in [0.05, 0.1) is 5.75 Å². The van der Waals surface area contributed by atoms with E-state index in [1.165, 1.54) is 0 Å². The van der Waals surface area contributed by atoms with Crippen molar-refractivity contribution < 1.29 is 13.2 Å². The Morgan fingerprint density at radius 2 is 2.18 bits per heavy atom. The first kappa shape index (κ1) is 14.4. The average Bonchev–Trinajstić information content (AvgIpc) is 2.25. The van der Waals surface area contributed by atoms with Gasteiger partial charge in [-0.25, -0.2) is 8.42 Å². The zero-order valence-electron chi connectivity index (χ0n) is 10.6. The molecule has 100 valence electrons. The quantitative estimate of drug-likeness (QED) is 0.773. The Hall–Kier alpha value is -0.620. The van der Waals surface area contributed by atoms with Gasteiger partial charge in [0.1, 0.15) is 9.84 Å². The zero-order valence-corrected chi connectivity index (χ0v) is 11.4. The molecular formula is C11H22N2O3S. The van der Waals surface area contributed by atoms with Crippen molar-refractivity contribution in [2.24, 2.45) is 11.7 Å². The maximum atomic E-state index is 11.8. The molecule has 0 aromatic rings. The van der Waals surface area contributed by atoms with Gasteiger partial charge in [-0.05, 0) is 25.7 Å². The second-order valence-corrected chi connectivity index (χ2v) is 7.24. The number of rotatable bonds is 4. The van der Waals surface area contributed by atoms with Crippen LogP contribution in [0.2, 0.25) is 0 Å². The molecule has 2 N–H and O–H groups in total. The van der Waals surface area contributed by atoms with Gasteiger partial charge in [0.2, 0.25) is 5.91 Å². The van der Waals surface area contributed by atoms with Crippen molar-refractivity contribution in [3.63, 3.8) is 0 Å². The van der Waals surface area contributed by atoms with Crippen LogP contribution in [0, 0.1) is 5.92 Å². The van der Waals surface area contributed by atoms with E-state index < -0.39 is 9.84 Å². The van der Waals surface area contributed by atoms with Gasteiger partial charge in [-0.2, -0.15) is 0 Å². The Morgan fingerprint density at radius 3 is 2.71 bits per heavy atom. The first-order valence-electron chi connectivity index (χ1n) is 6.00. The maximum Gasteiger partial charge on any atom is 0.223 e. The summed E-state index contributed by atoms with van der Waals surface area (Å²) >= 11 is 0. The first-order valence-corrected chi connectivity index (χ1v) is 8.07. The van der Waals surface area contributed by atoms with Crippen molar-refractivity contribution in [2.45, 2.75) is 32.2 Å². The van der Waals surface area contributed by atoms with E-state index in [0.717, 1.165) is 25.6 Å². The highest BCUT2D eigenvalue weighted by molar-refractivity contribution is 7.90. The van der Waals surface area contributed by atoms with E-state index in [9.17, 15) is 13.2 Å². The molecule has 1 aliphatic heterocycles. The van der Waals surface area contributed by atoms with Gasteiger partial charge in [-0.3, -0.25) is 4.79 Å². The van der Waals surface area contributed by atoms with E-state index >= 15 is 0 Å². The van der Waals surface area contributed by atoms with Crippen LogP contribution < -0.4 is 5.73 Å². The van der Waals surface area contributed by atoms with E-state index in [4.69, 9.17) is 5.73 Å². The highest BCUT2D eigenvalue weighted by Crippen LogP contribution is 2.19. The average molecular weight is 262 g/mol. The van der Waals surface area contributed by atoms with Gasteiger partial charge < -0.3 is 10.6 Å². The molecule has 0 saturated carbocycles. The number of sulfone groups is 1. The summed E-state index contributed by atoms with van der Waals surface area (Å²) in [7, 11) is -3.06. The normalized spacial score (nSPS) is 23.5. The minimum Gasteiger partial charge on any atom is -0.342 e. The maximum absolute atomic E-state index is 11.8. The molecule has 1 heterocycles. The highest BCUT2D eigenvalue weighted by Gasteiger charge is 2.25. The van der Waals surface area contributed by atoms with Gasteiger partial charge in [-0.1, -0.05) is 0 Å². The topological polar surface area (TPSA) is 80.5 Å². The number of nitrogens with two attached hydrogens (primary N) is 1. The Balaban J connectivity index is 2.46. The molecular weight excluding hydrogens is 240 g/mol. The molecule has 0 aromatic heterocycles. The van der Waals surface area contributed by atoms with Crippen LogP contribution in [0.4, 0.5) is 0 Å². The fraction of sp³-hybridized carbons (Fsp3) is 0.909. The lowest BCUT2D eigenvalue weighted by Crippen LogP contribution is -2.45. The number of hydrogen-bond acceptors (Lipinski definition) is 4. The molecule has 1 rings (SSSR count). The third kappa shape index (κ3) is 5.04. The number of piperidine rings is 1. The van der Waals surface area contributed by atoms with Gasteiger partial charge in [0, 0.05) is 31.8 Å². The van der Waals surface area contributed by atoms with Crippen LogP contribution in [-0.4, -0.2) is 50.4 Å². The van der Waals surface area contributed by atoms with E-state index in [1.807, 2.05) is 6.92 Å². The van der Waals surface area contributed by atoms with E-state index in [-0.39, 0.29) is 24.1 Å². The van der Waals surface area contributed by atoms with Crippen molar-refractivity contribution in [1.29, 1.82) is 0 Å². The third-order valence-electron chi connectivity index (χ3n) is 3.24. The Bertz CT molecular complexity index is 365. The number of likely N-dealkylation sites (tertiary alicyclic amines) is 1. The second-order valence-electron chi connectivity index (χ2n) is 4.98. The summed E-state index contributed by atoms with van der Waals surface area (Å²) in [5.41, 5.74) is 5.84. The highest BCUT2D eigenvalue weighted by atomic mass is 32.2. The smallest absolute Gasteiger partial charge is 0.223 e. The van der Waals surface area contributed by atoms with Crippen molar-refractivity contribution in [1.82, 2.24) is 4.90 Å². The number of amides is 1. The fourth-order valence-electron chi connectivity index (χ4n) is 2.10. The van der Waals surface area contributed by atoms with Crippen LogP contribution in [0.15, 0.2) is 0 Å². The second kappa shape index (κ2) is 5.82. The van der Waals surface area contributed by atoms with Crippen LogP contribution in [0.3, 0.4) is 0 Å². The zero-order chi connectivity index (χ0) is 13.1. The van der Waals surface area contributed by atoms with E-state index in [2.05, 4.69) is 0 Å². The lowest BCUT2D eigenvalue weighted by molar-refractivity contribution is -0.132. The molecule has 1 amide bonds. The summed E-state index contributed by atoms with van der Waals surface area (Å²) in [4.78, 5) is 13.6. The van der Waals surface area contributed by atoms with Crippen molar-refractivity contribution in [3.8, 4) is 0 Å². The van der Waals surface area contributed by atoms with Gasteiger partial charge in [-0.15, -0.1) is 0 Å². The number of nitrogens with zero attached hydrogens (tertiary/aromatic N) is 1. The van der Waals surface area contributed by atoms with Gasteiger partial charge in [0.25, 0.3) is 0 Å². The Morgan fingerprint density at radius 1 is 1.53 bits per heavy atom. The van der Waals surface area contributed by atoms with Crippen molar-refractivity contribution in [2.75, 3.05) is 25.1 Å². The molecule has 2 unspecified atom stereocenters. The van der Waals surface area contributed by atoms with Crippen LogP contribution in [0.5, 0.6) is 0 Å². The summed E-state index contributed by atoms with van der Waals surface area (Å²) in [6.45, 7) is 3.35. The molecule has 0 bridgehead atoms. The van der Waals surface area contributed by atoms with Crippen LogP contribution in [0.1, 0.15) is 26.2 Å². The fourth-order valence-corrected chi connectivity index (χ4v) is 2.64. The van der Waals surface area contributed by atoms with E-state index in [0.29, 0.717) is 12.5 Å². The van der Waals surface area contributed by atoms with Crippen molar-refractivity contribution >= 4 is 15.7 Å². The Kier molecular flexibility index (Phi) is 4.94. The molecule has 1 fully saturated rings.